The first-order chi connectivity index (χ1) is 8.16. The van der Waals surface area contributed by atoms with Crippen molar-refractivity contribution in [3.8, 4) is 0 Å². The number of carbonyl (C=O) groups is 2. The lowest BCUT2D eigenvalue weighted by molar-refractivity contribution is -0.139. The van der Waals surface area contributed by atoms with E-state index in [1.807, 2.05) is 0 Å². The summed E-state index contributed by atoms with van der Waals surface area (Å²) in [6, 6.07) is -0.784. The molecule has 1 saturated heterocycles. The number of cyclic esters (lactones) is 1. The Hall–Kier alpha value is -1.63. The van der Waals surface area contributed by atoms with Gasteiger partial charge in [-0.25, -0.2) is 9.59 Å². The van der Waals surface area contributed by atoms with Gasteiger partial charge in [0.1, 0.15) is 6.04 Å². The molecule has 2 rings (SSSR count). The number of hydrogen-bond donors (Lipinski definition) is 1. The zero-order chi connectivity index (χ0) is 12.3. The van der Waals surface area contributed by atoms with Crippen molar-refractivity contribution in [3.05, 3.63) is 16.6 Å². The molecule has 17 heavy (non-hydrogen) atoms. The number of thiazole rings is 1. The van der Waals surface area contributed by atoms with Crippen molar-refractivity contribution in [1.82, 2.24) is 15.2 Å². The van der Waals surface area contributed by atoms with E-state index < -0.39 is 6.04 Å². The number of hydrogen-bond acceptors (Lipinski definition) is 5. The lowest BCUT2D eigenvalue weighted by atomic mass is 10.2. The molecule has 6 nitrogen and oxygen atoms in total. The van der Waals surface area contributed by atoms with Gasteiger partial charge in [-0.1, -0.05) is 0 Å². The van der Waals surface area contributed by atoms with Crippen molar-refractivity contribution in [2.24, 2.45) is 0 Å². The smallest absolute Gasteiger partial charge is 0.328 e. The van der Waals surface area contributed by atoms with E-state index in [4.69, 9.17) is 4.74 Å². The van der Waals surface area contributed by atoms with E-state index in [-0.39, 0.29) is 12.0 Å². The Morgan fingerprint density at radius 2 is 2.59 bits per heavy atom. The molecule has 1 aliphatic heterocycles. The summed E-state index contributed by atoms with van der Waals surface area (Å²) >= 11 is 1.49. The summed E-state index contributed by atoms with van der Waals surface area (Å²) in [5.41, 5.74) is 1.72. The van der Waals surface area contributed by atoms with Gasteiger partial charge in [-0.2, -0.15) is 0 Å². The van der Waals surface area contributed by atoms with Gasteiger partial charge in [-0.05, 0) is 0 Å². The van der Waals surface area contributed by atoms with Crippen LogP contribution in [-0.4, -0.2) is 41.6 Å². The molecule has 1 aliphatic rings. The molecule has 0 radical (unpaired) electrons. The number of urea groups is 1. The van der Waals surface area contributed by atoms with Crippen molar-refractivity contribution in [3.63, 3.8) is 0 Å². The summed E-state index contributed by atoms with van der Waals surface area (Å²) in [6.45, 7) is 0.862. The van der Waals surface area contributed by atoms with Crippen molar-refractivity contribution < 1.29 is 14.3 Å². The van der Waals surface area contributed by atoms with Gasteiger partial charge < -0.3 is 15.0 Å². The van der Waals surface area contributed by atoms with Crippen molar-refractivity contribution in [1.29, 1.82) is 0 Å². The van der Waals surface area contributed by atoms with Crippen LogP contribution in [0.2, 0.25) is 0 Å². The quantitative estimate of drug-likeness (QED) is 0.803. The first-order valence-electron chi connectivity index (χ1n) is 5.22. The number of nitrogens with zero attached hydrogens (tertiary/aromatic N) is 2. The monoisotopic (exact) mass is 255 g/mol. The lowest BCUT2D eigenvalue weighted by Gasteiger charge is -2.18. The lowest BCUT2D eigenvalue weighted by Crippen LogP contribution is -2.44. The number of rotatable bonds is 3. The van der Waals surface area contributed by atoms with Crippen LogP contribution >= 0.6 is 11.3 Å². The highest BCUT2D eigenvalue weighted by atomic mass is 32.1. The van der Waals surface area contributed by atoms with E-state index in [1.165, 1.54) is 16.2 Å². The normalized spacial score (nSPS) is 18.9. The Morgan fingerprint density at radius 1 is 1.76 bits per heavy atom. The summed E-state index contributed by atoms with van der Waals surface area (Å²) in [6.07, 6.45) is 2.26. The maximum atomic E-state index is 11.8. The Kier molecular flexibility index (Phi) is 3.58. The minimum atomic E-state index is -0.508. The van der Waals surface area contributed by atoms with E-state index in [9.17, 15) is 9.59 Å². The van der Waals surface area contributed by atoms with Crippen LogP contribution in [0.4, 0.5) is 4.79 Å². The second kappa shape index (κ2) is 5.13. The van der Waals surface area contributed by atoms with E-state index in [0.717, 1.165) is 4.88 Å². The van der Waals surface area contributed by atoms with Crippen molar-refractivity contribution >= 4 is 23.3 Å². The molecular formula is C10H13N3O3S. The SMILES string of the molecule is CN(Cc1cncs1)C(=O)N[C@H]1CCOC1=O. The van der Waals surface area contributed by atoms with E-state index in [2.05, 4.69) is 10.3 Å². The fraction of sp³-hybridized carbons (Fsp3) is 0.500. The fourth-order valence-corrected chi connectivity index (χ4v) is 2.16. The highest BCUT2D eigenvalue weighted by Crippen LogP contribution is 2.10. The van der Waals surface area contributed by atoms with Crippen molar-refractivity contribution in [2.75, 3.05) is 13.7 Å². The molecule has 2 heterocycles. The number of aromatic nitrogens is 1. The summed E-state index contributed by atoms with van der Waals surface area (Å²) in [5.74, 6) is -0.357. The van der Waals surface area contributed by atoms with E-state index in [0.29, 0.717) is 19.6 Å². The zero-order valence-electron chi connectivity index (χ0n) is 9.38. The second-order valence-electron chi connectivity index (χ2n) is 3.78. The molecule has 92 valence electrons. The molecule has 1 aromatic heterocycles. The highest BCUT2D eigenvalue weighted by molar-refractivity contribution is 7.09. The predicted molar refractivity (Wildman–Crippen MR) is 61.5 cm³/mol. The molecule has 2 amide bonds. The van der Waals surface area contributed by atoms with Crippen LogP contribution in [0.3, 0.4) is 0 Å². The summed E-state index contributed by atoms with van der Waals surface area (Å²) < 4.78 is 4.77. The molecule has 0 bridgehead atoms. The molecule has 1 atom stereocenters. The molecule has 0 spiro atoms. The Bertz CT molecular complexity index is 407. The van der Waals surface area contributed by atoms with Gasteiger partial charge in [0, 0.05) is 24.5 Å². The van der Waals surface area contributed by atoms with Crippen molar-refractivity contribution in [2.45, 2.75) is 19.0 Å². The van der Waals surface area contributed by atoms with Gasteiger partial charge in [-0.3, -0.25) is 4.98 Å². The zero-order valence-corrected chi connectivity index (χ0v) is 10.2. The van der Waals surface area contributed by atoms with Gasteiger partial charge in [0.2, 0.25) is 0 Å². The van der Waals surface area contributed by atoms with E-state index >= 15 is 0 Å². The average Bonchev–Trinajstić information content (AvgIpc) is 2.91. The largest absolute Gasteiger partial charge is 0.464 e. The third-order valence-corrected chi connectivity index (χ3v) is 3.22. The van der Waals surface area contributed by atoms with Crippen LogP contribution in [0.5, 0.6) is 0 Å². The first-order valence-corrected chi connectivity index (χ1v) is 6.10. The van der Waals surface area contributed by atoms with Crippen LogP contribution in [-0.2, 0) is 16.1 Å². The van der Waals surface area contributed by atoms with Crippen LogP contribution < -0.4 is 5.32 Å². The maximum absolute atomic E-state index is 11.8. The maximum Gasteiger partial charge on any atom is 0.328 e. The van der Waals surface area contributed by atoms with Crippen LogP contribution in [0.15, 0.2) is 11.7 Å². The summed E-state index contributed by atoms with van der Waals surface area (Å²) in [5, 5.41) is 2.64. The number of carbonyl (C=O) groups excluding carboxylic acids is 2. The number of esters is 1. The summed E-state index contributed by atoms with van der Waals surface area (Å²) in [7, 11) is 1.68. The molecule has 1 N–H and O–H groups in total. The molecule has 0 saturated carbocycles. The topological polar surface area (TPSA) is 71.5 Å². The van der Waals surface area contributed by atoms with Gasteiger partial charge in [0.25, 0.3) is 0 Å². The number of nitrogens with one attached hydrogen (secondary N) is 1. The number of ether oxygens (including phenoxy) is 1. The molecule has 0 aliphatic carbocycles. The molecular weight excluding hydrogens is 242 g/mol. The molecule has 1 aromatic rings. The minimum absolute atomic E-state index is 0.276. The fourth-order valence-electron chi connectivity index (χ4n) is 1.51. The van der Waals surface area contributed by atoms with Gasteiger partial charge in [-0.15, -0.1) is 11.3 Å². The third kappa shape index (κ3) is 2.94. The third-order valence-electron chi connectivity index (χ3n) is 2.46. The Balaban J connectivity index is 1.85. The minimum Gasteiger partial charge on any atom is -0.464 e. The van der Waals surface area contributed by atoms with Gasteiger partial charge in [0.05, 0.1) is 18.7 Å². The molecule has 0 aromatic carbocycles. The van der Waals surface area contributed by atoms with Crippen LogP contribution in [0.25, 0.3) is 0 Å². The number of amides is 2. The standard InChI is InChI=1S/C10H13N3O3S/c1-13(5-7-4-11-6-17-7)10(15)12-8-2-3-16-9(8)14/h4,6,8H,2-3,5H2,1H3,(H,12,15)/t8-/m0/s1. The average molecular weight is 255 g/mol. The predicted octanol–water partition coefficient (Wildman–Crippen LogP) is 0.600. The van der Waals surface area contributed by atoms with Crippen LogP contribution in [0.1, 0.15) is 11.3 Å². The Morgan fingerprint density at radius 3 is 3.18 bits per heavy atom. The van der Waals surface area contributed by atoms with Gasteiger partial charge >= 0.3 is 12.0 Å². The Labute approximate surface area is 103 Å². The molecule has 1 fully saturated rings. The highest BCUT2D eigenvalue weighted by Gasteiger charge is 2.28. The second-order valence-corrected chi connectivity index (χ2v) is 4.75. The van der Waals surface area contributed by atoms with Crippen LogP contribution in [0, 0.1) is 0 Å². The first kappa shape index (κ1) is 11.8. The van der Waals surface area contributed by atoms with E-state index in [1.54, 1.807) is 18.8 Å². The van der Waals surface area contributed by atoms with Gasteiger partial charge in [0.15, 0.2) is 0 Å². The summed E-state index contributed by atoms with van der Waals surface area (Å²) in [4.78, 5) is 29.4. The molecule has 7 heteroatoms. The molecule has 0 unspecified atom stereocenters.